The highest BCUT2D eigenvalue weighted by Crippen LogP contribution is 2.13. The van der Waals surface area contributed by atoms with Gasteiger partial charge >= 0.3 is 5.69 Å². The van der Waals surface area contributed by atoms with Crippen LogP contribution in [-0.4, -0.2) is 14.5 Å². The van der Waals surface area contributed by atoms with Crippen LogP contribution >= 0.6 is 22.9 Å². The van der Waals surface area contributed by atoms with Crippen molar-refractivity contribution in [2.24, 2.45) is 0 Å². The van der Waals surface area contributed by atoms with Crippen LogP contribution in [0.25, 0.3) is 15.9 Å². The van der Waals surface area contributed by atoms with Crippen molar-refractivity contribution >= 4 is 33.2 Å². The van der Waals surface area contributed by atoms with Gasteiger partial charge in [-0.05, 0) is 23.6 Å². The summed E-state index contributed by atoms with van der Waals surface area (Å²) in [6, 6.07) is 4.81. The van der Waals surface area contributed by atoms with Gasteiger partial charge in [0.15, 0.2) is 0 Å². The van der Waals surface area contributed by atoms with Crippen molar-refractivity contribution in [1.82, 2.24) is 14.5 Å². The summed E-state index contributed by atoms with van der Waals surface area (Å²) >= 11 is 6.96. The third kappa shape index (κ3) is 1.66. The molecule has 3 rings (SSSR count). The van der Waals surface area contributed by atoms with E-state index in [1.54, 1.807) is 17.5 Å². The lowest BCUT2D eigenvalue weighted by atomic mass is 10.4. The predicted molar refractivity (Wildman–Crippen MR) is 70.8 cm³/mol. The van der Waals surface area contributed by atoms with Crippen LogP contribution in [0.2, 0.25) is 5.15 Å². The van der Waals surface area contributed by atoms with Crippen molar-refractivity contribution in [3.8, 4) is 5.69 Å². The molecule has 0 saturated carbocycles. The van der Waals surface area contributed by atoms with Crippen LogP contribution in [0.5, 0.6) is 0 Å². The van der Waals surface area contributed by atoms with E-state index in [4.69, 9.17) is 11.6 Å². The van der Waals surface area contributed by atoms with E-state index < -0.39 is 5.69 Å². The molecule has 3 heterocycles. The first-order valence-electron chi connectivity index (χ1n) is 5.01. The molecule has 7 heteroatoms. The van der Waals surface area contributed by atoms with Crippen molar-refractivity contribution in [1.29, 1.82) is 0 Å². The molecular weight excluding hydrogens is 274 g/mol. The fourth-order valence-electron chi connectivity index (χ4n) is 1.67. The molecule has 18 heavy (non-hydrogen) atoms. The number of nitrogens with zero attached hydrogens (tertiary/aromatic N) is 2. The molecule has 0 aromatic carbocycles. The molecule has 0 radical (unpaired) electrons. The number of pyridine rings is 1. The number of fused-ring (bicyclic) bond motifs is 1. The Morgan fingerprint density at radius 2 is 2.11 bits per heavy atom. The van der Waals surface area contributed by atoms with E-state index in [9.17, 15) is 9.59 Å². The zero-order valence-electron chi connectivity index (χ0n) is 8.88. The Bertz CT molecular complexity index is 832. The maximum absolute atomic E-state index is 12.2. The van der Waals surface area contributed by atoms with Crippen LogP contribution in [0.15, 0.2) is 39.4 Å². The van der Waals surface area contributed by atoms with Gasteiger partial charge in [-0.1, -0.05) is 11.6 Å². The minimum absolute atomic E-state index is 0.306. The second-order valence-electron chi connectivity index (χ2n) is 3.57. The lowest BCUT2D eigenvalue weighted by Crippen LogP contribution is -2.33. The monoisotopic (exact) mass is 279 g/mol. The molecule has 3 aromatic rings. The van der Waals surface area contributed by atoms with Gasteiger partial charge < -0.3 is 4.98 Å². The average molecular weight is 280 g/mol. The van der Waals surface area contributed by atoms with Crippen LogP contribution in [0.3, 0.4) is 0 Å². The van der Waals surface area contributed by atoms with Crippen molar-refractivity contribution in [3.63, 3.8) is 0 Å². The number of hydrogen-bond donors (Lipinski definition) is 1. The van der Waals surface area contributed by atoms with Crippen LogP contribution in [0.1, 0.15) is 0 Å². The standard InChI is InChI=1S/C11H6ClN3O2S/c12-8-2-1-6(5-13-8)15-10(16)9-7(3-4-18-9)14-11(15)17/h1-5H,(H,14,17). The van der Waals surface area contributed by atoms with E-state index in [-0.39, 0.29) is 5.56 Å². The molecule has 5 nitrogen and oxygen atoms in total. The smallest absolute Gasteiger partial charge is 0.306 e. The number of nitrogens with one attached hydrogen (secondary N) is 1. The summed E-state index contributed by atoms with van der Waals surface area (Å²) in [5.74, 6) is 0. The fraction of sp³-hybridized carbons (Fsp3) is 0. The van der Waals surface area contributed by atoms with E-state index in [1.807, 2.05) is 0 Å². The number of halogens is 1. The van der Waals surface area contributed by atoms with Gasteiger partial charge in [-0.15, -0.1) is 11.3 Å². The second-order valence-corrected chi connectivity index (χ2v) is 4.88. The highest BCUT2D eigenvalue weighted by molar-refractivity contribution is 7.17. The Labute approximate surface area is 109 Å². The number of H-pyrrole nitrogens is 1. The van der Waals surface area contributed by atoms with Gasteiger partial charge in [0.05, 0.1) is 17.4 Å². The number of thiophene rings is 1. The van der Waals surface area contributed by atoms with Crippen LogP contribution in [0.4, 0.5) is 0 Å². The molecule has 90 valence electrons. The molecule has 0 amide bonds. The third-order valence-corrected chi connectivity index (χ3v) is 3.60. The maximum Gasteiger partial charge on any atom is 0.333 e. The Hall–Kier alpha value is -1.92. The second kappa shape index (κ2) is 4.08. The molecule has 0 atom stereocenters. The van der Waals surface area contributed by atoms with Crippen molar-refractivity contribution in [2.45, 2.75) is 0 Å². The minimum Gasteiger partial charge on any atom is -0.306 e. The van der Waals surface area contributed by atoms with Gasteiger partial charge in [-0.25, -0.2) is 14.3 Å². The first-order valence-corrected chi connectivity index (χ1v) is 6.27. The number of aromatic amines is 1. The van der Waals surface area contributed by atoms with E-state index >= 15 is 0 Å². The summed E-state index contributed by atoms with van der Waals surface area (Å²) < 4.78 is 1.55. The summed E-state index contributed by atoms with van der Waals surface area (Å²) in [6.45, 7) is 0. The topological polar surface area (TPSA) is 67.8 Å². The van der Waals surface area contributed by atoms with Gasteiger partial charge in [0, 0.05) is 0 Å². The Morgan fingerprint density at radius 1 is 1.28 bits per heavy atom. The molecule has 0 unspecified atom stereocenters. The third-order valence-electron chi connectivity index (χ3n) is 2.48. The van der Waals surface area contributed by atoms with E-state index in [2.05, 4.69) is 9.97 Å². The van der Waals surface area contributed by atoms with E-state index in [0.717, 1.165) is 4.57 Å². The number of hydrogen-bond acceptors (Lipinski definition) is 4. The lowest BCUT2D eigenvalue weighted by Gasteiger charge is -2.03. The first-order chi connectivity index (χ1) is 8.66. The summed E-state index contributed by atoms with van der Waals surface area (Å²) in [5, 5.41) is 2.06. The van der Waals surface area contributed by atoms with Crippen molar-refractivity contribution < 1.29 is 0 Å². The lowest BCUT2D eigenvalue weighted by molar-refractivity contribution is 0.897. The average Bonchev–Trinajstić information content (AvgIpc) is 2.80. The Morgan fingerprint density at radius 3 is 2.83 bits per heavy atom. The summed E-state index contributed by atoms with van der Waals surface area (Å²) in [4.78, 5) is 30.6. The SMILES string of the molecule is O=c1[nH]c2ccsc2c(=O)n1-c1ccc(Cl)nc1. The molecule has 0 saturated heterocycles. The number of aromatic nitrogens is 3. The van der Waals surface area contributed by atoms with Gasteiger partial charge in [0.25, 0.3) is 5.56 Å². The van der Waals surface area contributed by atoms with E-state index in [1.165, 1.54) is 23.6 Å². The van der Waals surface area contributed by atoms with Gasteiger partial charge in [-0.2, -0.15) is 0 Å². The Kier molecular flexibility index (Phi) is 2.53. The van der Waals surface area contributed by atoms with Crippen LogP contribution in [0, 0.1) is 0 Å². The van der Waals surface area contributed by atoms with E-state index in [0.29, 0.717) is 21.1 Å². The molecule has 0 bridgehead atoms. The zero-order valence-corrected chi connectivity index (χ0v) is 10.5. The zero-order chi connectivity index (χ0) is 12.7. The Balaban J connectivity index is 2.38. The van der Waals surface area contributed by atoms with Crippen LogP contribution in [-0.2, 0) is 0 Å². The summed E-state index contributed by atoms with van der Waals surface area (Å²) in [7, 11) is 0. The maximum atomic E-state index is 12.2. The fourth-order valence-corrected chi connectivity index (χ4v) is 2.56. The summed E-state index contributed by atoms with van der Waals surface area (Å²) in [5.41, 5.74) is 0.0945. The molecule has 0 aliphatic rings. The molecule has 1 N–H and O–H groups in total. The summed E-state index contributed by atoms with van der Waals surface area (Å²) in [6.07, 6.45) is 1.39. The molecular formula is C11H6ClN3O2S. The van der Waals surface area contributed by atoms with Crippen molar-refractivity contribution in [2.75, 3.05) is 0 Å². The molecule has 0 fully saturated rings. The van der Waals surface area contributed by atoms with Gasteiger partial charge in [-0.3, -0.25) is 4.79 Å². The molecule has 0 aliphatic heterocycles. The molecule has 0 aliphatic carbocycles. The molecule has 0 spiro atoms. The highest BCUT2D eigenvalue weighted by atomic mass is 35.5. The normalized spacial score (nSPS) is 10.9. The highest BCUT2D eigenvalue weighted by Gasteiger charge is 2.10. The van der Waals surface area contributed by atoms with Crippen LogP contribution < -0.4 is 11.2 Å². The van der Waals surface area contributed by atoms with Gasteiger partial charge in [0.2, 0.25) is 0 Å². The first kappa shape index (κ1) is 11.2. The van der Waals surface area contributed by atoms with Gasteiger partial charge in [0.1, 0.15) is 9.85 Å². The quantitative estimate of drug-likeness (QED) is 0.691. The molecule has 3 aromatic heterocycles. The largest absolute Gasteiger partial charge is 0.333 e. The minimum atomic E-state index is -0.491. The van der Waals surface area contributed by atoms with Crippen molar-refractivity contribution in [3.05, 3.63) is 55.8 Å². The predicted octanol–water partition coefficient (Wildman–Crippen LogP) is 1.79. The number of rotatable bonds is 1.